The lowest BCUT2D eigenvalue weighted by Crippen LogP contribution is -2.54. The third kappa shape index (κ3) is 3.56. The van der Waals surface area contributed by atoms with Gasteiger partial charge >= 0.3 is 6.09 Å². The first kappa shape index (κ1) is 13.6. The van der Waals surface area contributed by atoms with Gasteiger partial charge in [-0.05, 0) is 45.1 Å². The molecule has 4 nitrogen and oxygen atoms in total. The zero-order chi connectivity index (χ0) is 12.4. The van der Waals surface area contributed by atoms with Crippen molar-refractivity contribution in [1.82, 2.24) is 4.90 Å². The molecule has 0 aromatic rings. The Morgan fingerprint density at radius 2 is 1.88 bits per heavy atom. The first-order chi connectivity index (χ1) is 7.25. The number of nitrogens with zero attached hydrogens (tertiary/aromatic N) is 1. The van der Waals surface area contributed by atoms with Crippen LogP contribution >= 0.6 is 11.8 Å². The second-order valence-corrected chi connectivity index (χ2v) is 6.60. The summed E-state index contributed by atoms with van der Waals surface area (Å²) in [5.41, 5.74) is -1.30. The van der Waals surface area contributed by atoms with Gasteiger partial charge in [0.15, 0.2) is 0 Å². The van der Waals surface area contributed by atoms with Crippen molar-refractivity contribution in [3.05, 3.63) is 0 Å². The van der Waals surface area contributed by atoms with Gasteiger partial charge in [-0.3, -0.25) is 0 Å². The number of carbonyl (C=O) groups is 1. The van der Waals surface area contributed by atoms with E-state index in [0.29, 0.717) is 12.8 Å². The number of rotatable bonds is 2. The molecule has 0 aliphatic carbocycles. The fourth-order valence-corrected chi connectivity index (χ4v) is 3.05. The summed E-state index contributed by atoms with van der Waals surface area (Å²) in [6.45, 7) is 5.76. The van der Waals surface area contributed by atoms with Crippen molar-refractivity contribution in [2.24, 2.45) is 0 Å². The highest BCUT2D eigenvalue weighted by molar-refractivity contribution is 7.99. The van der Waals surface area contributed by atoms with E-state index in [4.69, 9.17) is 5.11 Å². The van der Waals surface area contributed by atoms with Crippen LogP contribution in [-0.2, 0) is 0 Å². The molecule has 1 fully saturated rings. The van der Waals surface area contributed by atoms with Gasteiger partial charge in [0.1, 0.15) is 0 Å². The largest absolute Gasteiger partial charge is 0.465 e. The van der Waals surface area contributed by atoms with Gasteiger partial charge in [-0.15, -0.1) is 0 Å². The summed E-state index contributed by atoms with van der Waals surface area (Å²) in [4.78, 5) is 12.5. The van der Waals surface area contributed by atoms with Crippen LogP contribution in [0.1, 0.15) is 33.6 Å². The maximum atomic E-state index is 11.2. The molecule has 0 atom stereocenters. The van der Waals surface area contributed by atoms with E-state index in [-0.39, 0.29) is 6.54 Å². The van der Waals surface area contributed by atoms with E-state index < -0.39 is 17.2 Å². The molecule has 1 aliphatic rings. The molecule has 0 bridgehead atoms. The first-order valence-corrected chi connectivity index (χ1v) is 6.71. The average Bonchev–Trinajstić information content (AvgIpc) is 2.13. The topological polar surface area (TPSA) is 60.8 Å². The Balaban J connectivity index is 2.71. The zero-order valence-corrected chi connectivity index (χ0v) is 11.0. The van der Waals surface area contributed by atoms with Gasteiger partial charge in [0, 0.05) is 5.54 Å². The number of carboxylic acid groups (broad SMARTS) is 1. The molecule has 1 amide bonds. The number of hydrogen-bond donors (Lipinski definition) is 2. The lowest BCUT2D eigenvalue weighted by atomic mass is 9.94. The van der Waals surface area contributed by atoms with Crippen LogP contribution in [-0.4, -0.2) is 50.4 Å². The SMILES string of the molecule is CC(C)(C)N(CC1(O)CCSCC1)C(=O)O. The van der Waals surface area contributed by atoms with Crippen molar-refractivity contribution in [2.45, 2.75) is 44.8 Å². The molecule has 1 rings (SSSR count). The Kier molecular flexibility index (Phi) is 4.12. The smallest absolute Gasteiger partial charge is 0.407 e. The second kappa shape index (κ2) is 4.84. The molecule has 0 unspecified atom stereocenters. The Labute approximate surface area is 101 Å². The molecule has 0 aromatic heterocycles. The normalized spacial score (nSPS) is 20.5. The van der Waals surface area contributed by atoms with Crippen molar-refractivity contribution >= 4 is 17.9 Å². The fourth-order valence-electron chi connectivity index (χ4n) is 1.80. The highest BCUT2D eigenvalue weighted by Gasteiger charge is 2.37. The summed E-state index contributed by atoms with van der Waals surface area (Å²) >= 11 is 1.81. The zero-order valence-electron chi connectivity index (χ0n) is 10.2. The molecule has 1 aliphatic heterocycles. The van der Waals surface area contributed by atoms with Gasteiger partial charge in [-0.2, -0.15) is 11.8 Å². The molecule has 1 heterocycles. The number of thioether (sulfide) groups is 1. The van der Waals surface area contributed by atoms with Crippen LogP contribution in [0.5, 0.6) is 0 Å². The van der Waals surface area contributed by atoms with Gasteiger partial charge in [0.05, 0.1) is 12.1 Å². The Bertz CT molecular complexity index is 256. The summed E-state index contributed by atoms with van der Waals surface area (Å²) in [6.07, 6.45) is 0.397. The minimum atomic E-state index is -0.959. The monoisotopic (exact) mass is 247 g/mol. The molecule has 0 aromatic carbocycles. The number of amides is 1. The van der Waals surface area contributed by atoms with Crippen LogP contribution in [0.3, 0.4) is 0 Å². The van der Waals surface area contributed by atoms with Gasteiger partial charge in [0.2, 0.25) is 0 Å². The molecule has 1 saturated heterocycles. The summed E-state index contributed by atoms with van der Waals surface area (Å²) < 4.78 is 0. The first-order valence-electron chi connectivity index (χ1n) is 5.55. The summed E-state index contributed by atoms with van der Waals surface area (Å²) in [7, 11) is 0. The molecular weight excluding hydrogens is 226 g/mol. The predicted octanol–water partition coefficient (Wildman–Crippen LogP) is 2.02. The van der Waals surface area contributed by atoms with E-state index in [1.54, 1.807) is 0 Å². The third-order valence-electron chi connectivity index (χ3n) is 2.92. The van der Waals surface area contributed by atoms with E-state index in [0.717, 1.165) is 11.5 Å². The maximum Gasteiger partial charge on any atom is 0.407 e. The maximum absolute atomic E-state index is 11.2. The summed E-state index contributed by atoms with van der Waals surface area (Å²) in [6, 6.07) is 0. The Morgan fingerprint density at radius 3 is 2.25 bits per heavy atom. The number of hydrogen-bond acceptors (Lipinski definition) is 3. The lowest BCUT2D eigenvalue weighted by Gasteiger charge is -2.41. The highest BCUT2D eigenvalue weighted by Crippen LogP contribution is 2.29. The van der Waals surface area contributed by atoms with Crippen molar-refractivity contribution in [2.75, 3.05) is 18.1 Å². The van der Waals surface area contributed by atoms with Crippen LogP contribution in [0.15, 0.2) is 0 Å². The van der Waals surface area contributed by atoms with Gasteiger partial charge < -0.3 is 15.1 Å². The quantitative estimate of drug-likeness (QED) is 0.783. The predicted molar refractivity (Wildman–Crippen MR) is 66.0 cm³/mol. The van der Waals surface area contributed by atoms with Gasteiger partial charge in [-0.1, -0.05) is 0 Å². The minimum Gasteiger partial charge on any atom is -0.465 e. The Morgan fingerprint density at radius 1 is 1.38 bits per heavy atom. The van der Waals surface area contributed by atoms with Crippen LogP contribution in [0, 0.1) is 0 Å². The van der Waals surface area contributed by atoms with Gasteiger partial charge in [-0.25, -0.2) is 4.79 Å². The molecule has 2 N–H and O–H groups in total. The standard InChI is InChI=1S/C11H21NO3S/c1-10(2,3)12(9(13)14)8-11(15)4-6-16-7-5-11/h15H,4-8H2,1-3H3,(H,13,14). The van der Waals surface area contributed by atoms with Crippen molar-refractivity contribution in [3.8, 4) is 0 Å². The Hall–Kier alpha value is -0.420. The fraction of sp³-hybridized carbons (Fsp3) is 0.909. The average molecular weight is 247 g/mol. The molecule has 5 heteroatoms. The molecule has 0 saturated carbocycles. The molecule has 0 spiro atoms. The van der Waals surface area contributed by atoms with Crippen LogP contribution in [0.4, 0.5) is 4.79 Å². The van der Waals surface area contributed by atoms with E-state index in [1.807, 2.05) is 32.5 Å². The minimum absolute atomic E-state index is 0.215. The van der Waals surface area contributed by atoms with Crippen LogP contribution in [0.25, 0.3) is 0 Å². The van der Waals surface area contributed by atoms with E-state index >= 15 is 0 Å². The van der Waals surface area contributed by atoms with E-state index in [9.17, 15) is 9.90 Å². The highest BCUT2D eigenvalue weighted by atomic mass is 32.2. The van der Waals surface area contributed by atoms with Gasteiger partial charge in [0.25, 0.3) is 0 Å². The molecule has 94 valence electrons. The van der Waals surface area contributed by atoms with Crippen molar-refractivity contribution in [1.29, 1.82) is 0 Å². The summed E-state index contributed by atoms with van der Waals surface area (Å²) in [5.74, 6) is 1.82. The van der Waals surface area contributed by atoms with E-state index in [1.165, 1.54) is 4.90 Å². The molecule has 0 radical (unpaired) electrons. The number of aliphatic hydroxyl groups is 1. The summed E-state index contributed by atoms with van der Waals surface area (Å²) in [5, 5.41) is 19.5. The van der Waals surface area contributed by atoms with Crippen molar-refractivity contribution < 1.29 is 15.0 Å². The second-order valence-electron chi connectivity index (χ2n) is 5.38. The number of β-amino-alcohol motifs (C(OH)–C–C–N with tert-alkyl or cyclic N) is 1. The van der Waals surface area contributed by atoms with E-state index in [2.05, 4.69) is 0 Å². The lowest BCUT2D eigenvalue weighted by molar-refractivity contribution is -0.0210. The third-order valence-corrected chi connectivity index (χ3v) is 3.90. The van der Waals surface area contributed by atoms with Crippen LogP contribution < -0.4 is 0 Å². The molecule has 16 heavy (non-hydrogen) atoms. The van der Waals surface area contributed by atoms with Crippen molar-refractivity contribution in [3.63, 3.8) is 0 Å². The van der Waals surface area contributed by atoms with Crippen LogP contribution in [0.2, 0.25) is 0 Å². The molecular formula is C11H21NO3S.